The number of amides is 1. The van der Waals surface area contributed by atoms with E-state index in [-0.39, 0.29) is 23.4 Å². The van der Waals surface area contributed by atoms with Crippen LogP contribution in [0.3, 0.4) is 0 Å². The van der Waals surface area contributed by atoms with Crippen molar-refractivity contribution in [2.45, 2.75) is 25.4 Å². The summed E-state index contributed by atoms with van der Waals surface area (Å²) in [6.07, 6.45) is 6.45. The third-order valence-corrected chi connectivity index (χ3v) is 6.41. The first-order chi connectivity index (χ1) is 17.4. The highest BCUT2D eigenvalue weighted by atomic mass is 19.1. The zero-order chi connectivity index (χ0) is 25.4. The normalized spacial score (nSPS) is 16.2. The molecule has 11 heteroatoms. The zero-order valence-electron chi connectivity index (χ0n) is 20.5. The lowest BCUT2D eigenvalue weighted by Crippen LogP contribution is -2.36. The molecule has 1 fully saturated rings. The van der Waals surface area contributed by atoms with Crippen molar-refractivity contribution in [2.75, 3.05) is 21.3 Å². The maximum absolute atomic E-state index is 15.2. The summed E-state index contributed by atoms with van der Waals surface area (Å²) in [5.41, 5.74) is 3.20. The van der Waals surface area contributed by atoms with E-state index in [0.29, 0.717) is 47.5 Å². The van der Waals surface area contributed by atoms with Crippen molar-refractivity contribution in [1.82, 2.24) is 29.2 Å². The number of likely N-dealkylation sites (tertiary alicyclic amines) is 1. The number of ether oxygens (including phenoxy) is 2. The van der Waals surface area contributed by atoms with Gasteiger partial charge in [0.05, 0.1) is 32.3 Å². The van der Waals surface area contributed by atoms with Crippen LogP contribution < -0.4 is 15.0 Å². The van der Waals surface area contributed by atoms with Gasteiger partial charge in [-0.3, -0.25) is 14.5 Å². The number of methoxy groups -OCH3 is 2. The topological polar surface area (TPSA) is 99.7 Å². The van der Waals surface area contributed by atoms with Gasteiger partial charge in [0.2, 0.25) is 5.91 Å². The van der Waals surface area contributed by atoms with Crippen LogP contribution in [0.2, 0.25) is 0 Å². The number of carbonyl (C=O) groups excluding carboxylic acids is 1. The predicted octanol–water partition coefficient (Wildman–Crippen LogP) is 2.84. The number of halogens is 1. The molecular weight excluding hydrogens is 465 g/mol. The molecule has 0 aliphatic carbocycles. The Balaban J connectivity index is 1.73. The molecule has 36 heavy (non-hydrogen) atoms. The number of nitrogens with zero attached hydrogens (tertiary/aromatic N) is 7. The van der Waals surface area contributed by atoms with Crippen LogP contribution in [0.1, 0.15) is 12.8 Å². The SMILES string of the molecule is COc1cc(/N=c2\ccc3ncc(-c4cnn(C)c4)nc3n2CC2CCC(=O)N2C)c(F)c(OC)c1. The summed E-state index contributed by atoms with van der Waals surface area (Å²) in [4.78, 5) is 28.1. The minimum absolute atomic E-state index is 0.0280. The van der Waals surface area contributed by atoms with Crippen molar-refractivity contribution >= 4 is 22.8 Å². The number of carbonyl (C=O) groups is 1. The van der Waals surface area contributed by atoms with E-state index in [4.69, 9.17) is 14.5 Å². The molecule has 1 amide bonds. The number of rotatable bonds is 6. The van der Waals surface area contributed by atoms with Crippen LogP contribution in [0.4, 0.5) is 10.1 Å². The van der Waals surface area contributed by atoms with Crippen LogP contribution >= 0.6 is 0 Å². The first kappa shape index (κ1) is 23.5. The third-order valence-electron chi connectivity index (χ3n) is 6.41. The van der Waals surface area contributed by atoms with E-state index in [9.17, 15) is 4.79 Å². The second kappa shape index (κ2) is 9.40. The van der Waals surface area contributed by atoms with Gasteiger partial charge in [-0.2, -0.15) is 5.10 Å². The van der Waals surface area contributed by atoms with Crippen molar-refractivity contribution in [1.29, 1.82) is 0 Å². The summed E-state index contributed by atoms with van der Waals surface area (Å²) in [5, 5.41) is 4.23. The van der Waals surface area contributed by atoms with Crippen LogP contribution in [-0.2, 0) is 18.4 Å². The summed E-state index contributed by atoms with van der Waals surface area (Å²) in [5.74, 6) is -0.0716. The van der Waals surface area contributed by atoms with Crippen molar-refractivity contribution in [3.05, 3.63) is 54.2 Å². The van der Waals surface area contributed by atoms with Gasteiger partial charge in [0, 0.05) is 57.0 Å². The van der Waals surface area contributed by atoms with E-state index in [1.807, 2.05) is 17.8 Å². The number of fused-ring (bicyclic) bond motifs is 1. The molecule has 186 valence electrons. The van der Waals surface area contributed by atoms with Crippen LogP contribution in [0.15, 0.2) is 47.8 Å². The average molecular weight is 492 g/mol. The van der Waals surface area contributed by atoms with E-state index in [1.165, 1.54) is 26.4 Å². The lowest BCUT2D eigenvalue weighted by molar-refractivity contribution is -0.127. The minimum Gasteiger partial charge on any atom is -0.497 e. The Kier molecular flexibility index (Phi) is 6.13. The van der Waals surface area contributed by atoms with Gasteiger partial charge in [0.15, 0.2) is 17.2 Å². The molecule has 1 aromatic carbocycles. The molecule has 0 N–H and O–H groups in total. The molecule has 1 saturated heterocycles. The van der Waals surface area contributed by atoms with Crippen molar-refractivity contribution in [3.8, 4) is 22.8 Å². The Bertz CT molecular complexity index is 1530. The van der Waals surface area contributed by atoms with Crippen molar-refractivity contribution in [3.63, 3.8) is 0 Å². The molecule has 0 bridgehead atoms. The summed E-state index contributed by atoms with van der Waals surface area (Å²) in [6, 6.07) is 6.48. The van der Waals surface area contributed by atoms with Crippen LogP contribution in [0.25, 0.3) is 22.4 Å². The highest BCUT2D eigenvalue weighted by Gasteiger charge is 2.28. The molecule has 1 unspecified atom stereocenters. The molecule has 1 aliphatic heterocycles. The average Bonchev–Trinajstić information content (AvgIpc) is 3.46. The highest BCUT2D eigenvalue weighted by Crippen LogP contribution is 2.32. The van der Waals surface area contributed by atoms with Gasteiger partial charge in [-0.05, 0) is 18.6 Å². The fourth-order valence-corrected chi connectivity index (χ4v) is 4.34. The first-order valence-electron chi connectivity index (χ1n) is 11.5. The van der Waals surface area contributed by atoms with Gasteiger partial charge in [0.25, 0.3) is 0 Å². The lowest BCUT2D eigenvalue weighted by Gasteiger charge is -2.22. The smallest absolute Gasteiger partial charge is 0.222 e. The van der Waals surface area contributed by atoms with Gasteiger partial charge in [-0.15, -0.1) is 0 Å². The third kappa shape index (κ3) is 4.28. The summed E-state index contributed by atoms with van der Waals surface area (Å²) >= 11 is 0. The first-order valence-corrected chi connectivity index (χ1v) is 11.5. The maximum Gasteiger partial charge on any atom is 0.222 e. The largest absolute Gasteiger partial charge is 0.497 e. The second-order valence-corrected chi connectivity index (χ2v) is 8.64. The van der Waals surface area contributed by atoms with Crippen molar-refractivity contribution < 1.29 is 18.7 Å². The van der Waals surface area contributed by atoms with Crippen LogP contribution in [-0.4, -0.2) is 62.4 Å². The molecule has 4 heterocycles. The number of likely N-dealkylation sites (N-methyl/N-ethyl adjacent to an activating group) is 1. The molecule has 1 aliphatic rings. The van der Waals surface area contributed by atoms with E-state index in [1.54, 1.807) is 41.2 Å². The molecule has 4 aromatic rings. The Morgan fingerprint density at radius 2 is 2.00 bits per heavy atom. The standard InChI is InChI=1S/C25H26FN7O3/c1-31-13-15(11-28-31)20-12-27-18-6-7-22(29-19-9-17(35-3)10-21(36-4)24(19)26)33(25(18)30-20)14-16-5-8-23(34)32(16)2/h6-7,9-13,16H,5,8,14H2,1-4H3/b29-22+. The van der Waals surface area contributed by atoms with Gasteiger partial charge < -0.3 is 18.9 Å². The molecule has 10 nitrogen and oxygen atoms in total. The van der Waals surface area contributed by atoms with Gasteiger partial charge in [-0.1, -0.05) is 0 Å². The molecule has 1 atom stereocenters. The summed E-state index contributed by atoms with van der Waals surface area (Å²) in [6.45, 7) is 0.423. The summed E-state index contributed by atoms with van der Waals surface area (Å²) in [7, 11) is 6.51. The number of hydrogen-bond donors (Lipinski definition) is 0. The molecule has 5 rings (SSSR count). The lowest BCUT2D eigenvalue weighted by atomic mass is 10.2. The van der Waals surface area contributed by atoms with Crippen LogP contribution in [0, 0.1) is 5.82 Å². The molecule has 0 spiro atoms. The zero-order valence-corrected chi connectivity index (χ0v) is 20.5. The fourth-order valence-electron chi connectivity index (χ4n) is 4.34. The Morgan fingerprint density at radius 3 is 2.67 bits per heavy atom. The van der Waals surface area contributed by atoms with E-state index in [0.717, 1.165) is 5.56 Å². The number of pyridine rings is 1. The number of aryl methyl sites for hydroxylation is 1. The minimum atomic E-state index is -0.603. The maximum atomic E-state index is 15.2. The monoisotopic (exact) mass is 491 g/mol. The Labute approximate surface area is 206 Å². The fraction of sp³-hybridized carbons (Fsp3) is 0.320. The molecule has 0 radical (unpaired) electrons. The Morgan fingerprint density at radius 1 is 1.17 bits per heavy atom. The van der Waals surface area contributed by atoms with Crippen LogP contribution in [0.5, 0.6) is 11.5 Å². The second-order valence-electron chi connectivity index (χ2n) is 8.64. The molecular formula is C25H26FN7O3. The van der Waals surface area contributed by atoms with Gasteiger partial charge in [0.1, 0.15) is 22.4 Å². The Hall–Kier alpha value is -4.28. The van der Waals surface area contributed by atoms with Gasteiger partial charge >= 0.3 is 0 Å². The van der Waals surface area contributed by atoms with E-state index in [2.05, 4.69) is 15.1 Å². The van der Waals surface area contributed by atoms with Crippen molar-refractivity contribution in [2.24, 2.45) is 12.0 Å². The molecule has 0 saturated carbocycles. The highest BCUT2D eigenvalue weighted by molar-refractivity contribution is 5.78. The van der Waals surface area contributed by atoms with E-state index < -0.39 is 5.82 Å². The quantitative estimate of drug-likeness (QED) is 0.411. The summed E-state index contributed by atoms with van der Waals surface area (Å²) < 4.78 is 29.2. The van der Waals surface area contributed by atoms with E-state index >= 15 is 4.39 Å². The number of benzene rings is 1. The predicted molar refractivity (Wildman–Crippen MR) is 130 cm³/mol. The number of hydrogen-bond acceptors (Lipinski definition) is 7. The molecule has 3 aromatic heterocycles. The van der Waals surface area contributed by atoms with Gasteiger partial charge in [-0.25, -0.2) is 14.4 Å². The number of aromatic nitrogens is 5.